The van der Waals surface area contributed by atoms with E-state index in [0.29, 0.717) is 6.42 Å². The van der Waals surface area contributed by atoms with Crippen molar-refractivity contribution in [2.75, 3.05) is 6.61 Å². The zero-order valence-electron chi connectivity index (χ0n) is 7.32. The predicted molar refractivity (Wildman–Crippen MR) is 41.6 cm³/mol. The summed E-state index contributed by atoms with van der Waals surface area (Å²) in [5, 5.41) is 8.77. The van der Waals surface area contributed by atoms with Crippen LogP contribution >= 0.6 is 0 Å². The molecular formula is C8H14O4. The molecule has 0 bridgehead atoms. The Labute approximate surface area is 71.5 Å². The van der Waals surface area contributed by atoms with Gasteiger partial charge in [-0.25, -0.2) is 0 Å². The summed E-state index contributed by atoms with van der Waals surface area (Å²) in [6.07, 6.45) is 0.118. The second-order valence-electron chi connectivity index (χ2n) is 3.03. The molecule has 0 aromatic carbocycles. The minimum Gasteiger partial charge on any atom is -0.460 e. The van der Waals surface area contributed by atoms with Gasteiger partial charge in [0, 0.05) is 13.3 Å². The van der Waals surface area contributed by atoms with E-state index in [-0.39, 0.29) is 30.9 Å². The Bertz CT molecular complexity index is 168. The molecule has 1 saturated heterocycles. The summed E-state index contributed by atoms with van der Waals surface area (Å²) >= 11 is 0. The van der Waals surface area contributed by atoms with Crippen molar-refractivity contribution < 1.29 is 19.4 Å². The maximum atomic E-state index is 10.6. The zero-order chi connectivity index (χ0) is 9.14. The van der Waals surface area contributed by atoms with Crippen LogP contribution in [0.25, 0.3) is 0 Å². The molecule has 0 radical (unpaired) electrons. The number of aliphatic hydroxyl groups is 1. The van der Waals surface area contributed by atoms with Gasteiger partial charge in [0.15, 0.2) is 0 Å². The van der Waals surface area contributed by atoms with Crippen LogP contribution in [0.2, 0.25) is 0 Å². The molecular weight excluding hydrogens is 160 g/mol. The number of hydrogen-bond donors (Lipinski definition) is 1. The third-order valence-corrected chi connectivity index (χ3v) is 1.95. The SMILES string of the molecule is CC(=O)O[C@@H]1C[C@@H](CO)O[C@H]1C. The Hall–Kier alpha value is -0.610. The van der Waals surface area contributed by atoms with Crippen LogP contribution in [0.5, 0.6) is 0 Å². The lowest BCUT2D eigenvalue weighted by atomic mass is 10.1. The minimum absolute atomic E-state index is 0.0118. The van der Waals surface area contributed by atoms with E-state index in [1.54, 1.807) is 0 Å². The van der Waals surface area contributed by atoms with E-state index in [1.807, 2.05) is 6.92 Å². The molecule has 1 N–H and O–H groups in total. The van der Waals surface area contributed by atoms with E-state index < -0.39 is 0 Å². The fraction of sp³-hybridized carbons (Fsp3) is 0.875. The first kappa shape index (κ1) is 9.48. The van der Waals surface area contributed by atoms with Gasteiger partial charge in [-0.2, -0.15) is 0 Å². The Morgan fingerprint density at radius 1 is 1.75 bits per heavy atom. The molecule has 0 aliphatic carbocycles. The van der Waals surface area contributed by atoms with E-state index in [2.05, 4.69) is 0 Å². The van der Waals surface area contributed by atoms with Crippen molar-refractivity contribution in [1.82, 2.24) is 0 Å². The first-order valence-electron chi connectivity index (χ1n) is 4.07. The summed E-state index contributed by atoms with van der Waals surface area (Å²) in [5.41, 5.74) is 0. The van der Waals surface area contributed by atoms with E-state index in [9.17, 15) is 4.79 Å². The standard InChI is InChI=1S/C8H14O4/c1-5-8(12-6(2)10)3-7(4-9)11-5/h5,7-9H,3-4H2,1-2H3/t5-,7-,8+/m0/s1. The van der Waals surface area contributed by atoms with Crippen LogP contribution < -0.4 is 0 Å². The van der Waals surface area contributed by atoms with Crippen molar-refractivity contribution >= 4 is 5.97 Å². The monoisotopic (exact) mass is 174 g/mol. The van der Waals surface area contributed by atoms with E-state index in [4.69, 9.17) is 14.6 Å². The fourth-order valence-electron chi connectivity index (χ4n) is 1.37. The minimum atomic E-state index is -0.297. The largest absolute Gasteiger partial charge is 0.460 e. The first-order valence-corrected chi connectivity index (χ1v) is 4.07. The Kier molecular flexibility index (Phi) is 3.05. The molecule has 70 valence electrons. The van der Waals surface area contributed by atoms with E-state index >= 15 is 0 Å². The quantitative estimate of drug-likeness (QED) is 0.603. The van der Waals surface area contributed by atoms with Gasteiger partial charge in [0.25, 0.3) is 0 Å². The molecule has 0 spiro atoms. The molecule has 1 fully saturated rings. The lowest BCUT2D eigenvalue weighted by Crippen LogP contribution is -2.23. The average molecular weight is 174 g/mol. The maximum Gasteiger partial charge on any atom is 0.302 e. The van der Waals surface area contributed by atoms with Crippen LogP contribution in [0.4, 0.5) is 0 Å². The van der Waals surface area contributed by atoms with Crippen LogP contribution in [-0.2, 0) is 14.3 Å². The molecule has 12 heavy (non-hydrogen) atoms. The van der Waals surface area contributed by atoms with Gasteiger partial charge in [0.2, 0.25) is 0 Å². The van der Waals surface area contributed by atoms with Gasteiger partial charge in [0.1, 0.15) is 6.10 Å². The van der Waals surface area contributed by atoms with Crippen LogP contribution in [0, 0.1) is 0 Å². The molecule has 0 aromatic rings. The van der Waals surface area contributed by atoms with Crippen molar-refractivity contribution in [2.24, 2.45) is 0 Å². The van der Waals surface area contributed by atoms with Crippen molar-refractivity contribution in [3.05, 3.63) is 0 Å². The highest BCUT2D eigenvalue weighted by Gasteiger charge is 2.33. The number of ether oxygens (including phenoxy) is 2. The number of hydrogen-bond acceptors (Lipinski definition) is 4. The van der Waals surface area contributed by atoms with Crippen LogP contribution in [0.1, 0.15) is 20.3 Å². The van der Waals surface area contributed by atoms with Gasteiger partial charge in [-0.3, -0.25) is 4.79 Å². The molecule has 1 rings (SSSR count). The summed E-state index contributed by atoms with van der Waals surface area (Å²) in [4.78, 5) is 10.6. The van der Waals surface area contributed by atoms with Crippen molar-refractivity contribution in [1.29, 1.82) is 0 Å². The zero-order valence-corrected chi connectivity index (χ0v) is 7.32. The number of esters is 1. The molecule has 0 amide bonds. The van der Waals surface area contributed by atoms with Gasteiger partial charge >= 0.3 is 5.97 Å². The predicted octanol–water partition coefficient (Wildman–Crippen LogP) is 0.0878. The van der Waals surface area contributed by atoms with Crippen LogP contribution in [-0.4, -0.2) is 36.0 Å². The topological polar surface area (TPSA) is 55.8 Å². The van der Waals surface area contributed by atoms with Gasteiger partial charge in [0.05, 0.1) is 18.8 Å². The van der Waals surface area contributed by atoms with E-state index in [1.165, 1.54) is 6.92 Å². The van der Waals surface area contributed by atoms with E-state index in [0.717, 1.165) is 0 Å². The molecule has 4 nitrogen and oxygen atoms in total. The Balaban J connectivity index is 2.40. The van der Waals surface area contributed by atoms with Crippen LogP contribution in [0.3, 0.4) is 0 Å². The third kappa shape index (κ3) is 2.19. The molecule has 3 atom stereocenters. The molecule has 0 unspecified atom stereocenters. The van der Waals surface area contributed by atoms with Gasteiger partial charge in [-0.05, 0) is 6.92 Å². The highest BCUT2D eigenvalue weighted by Crippen LogP contribution is 2.22. The molecule has 0 aromatic heterocycles. The number of aliphatic hydroxyl groups excluding tert-OH is 1. The van der Waals surface area contributed by atoms with Crippen molar-refractivity contribution in [3.8, 4) is 0 Å². The van der Waals surface area contributed by atoms with Crippen LogP contribution in [0.15, 0.2) is 0 Å². The maximum absolute atomic E-state index is 10.6. The highest BCUT2D eigenvalue weighted by molar-refractivity contribution is 5.66. The van der Waals surface area contributed by atoms with Gasteiger partial charge in [-0.15, -0.1) is 0 Å². The molecule has 1 aliphatic rings. The lowest BCUT2D eigenvalue weighted by molar-refractivity contribution is -0.148. The number of carbonyl (C=O) groups excluding carboxylic acids is 1. The number of carbonyl (C=O) groups is 1. The summed E-state index contributed by atoms with van der Waals surface area (Å²) in [5.74, 6) is -0.297. The van der Waals surface area contributed by atoms with Gasteiger partial charge in [-0.1, -0.05) is 0 Å². The average Bonchev–Trinajstić information content (AvgIpc) is 2.31. The Morgan fingerprint density at radius 3 is 2.83 bits per heavy atom. The van der Waals surface area contributed by atoms with Gasteiger partial charge < -0.3 is 14.6 Å². The summed E-state index contributed by atoms with van der Waals surface area (Å²) in [7, 11) is 0. The molecule has 4 heteroatoms. The molecule has 0 saturated carbocycles. The Morgan fingerprint density at radius 2 is 2.42 bits per heavy atom. The molecule has 1 aliphatic heterocycles. The smallest absolute Gasteiger partial charge is 0.302 e. The second kappa shape index (κ2) is 3.87. The normalized spacial score (nSPS) is 35.1. The summed E-state index contributed by atoms with van der Waals surface area (Å²) < 4.78 is 10.3. The first-order chi connectivity index (χ1) is 5.63. The second-order valence-corrected chi connectivity index (χ2v) is 3.03. The third-order valence-electron chi connectivity index (χ3n) is 1.95. The number of rotatable bonds is 2. The summed E-state index contributed by atoms with van der Waals surface area (Å²) in [6.45, 7) is 3.20. The summed E-state index contributed by atoms with van der Waals surface area (Å²) in [6, 6.07) is 0. The molecule has 1 heterocycles. The van der Waals surface area contributed by atoms with Crippen molar-refractivity contribution in [3.63, 3.8) is 0 Å². The lowest BCUT2D eigenvalue weighted by Gasteiger charge is -2.12. The fourth-order valence-corrected chi connectivity index (χ4v) is 1.37. The highest BCUT2D eigenvalue weighted by atomic mass is 16.6. The van der Waals surface area contributed by atoms with Crippen molar-refractivity contribution in [2.45, 2.75) is 38.6 Å².